The van der Waals surface area contributed by atoms with Gasteiger partial charge in [-0.05, 0) is 46.9 Å². The number of pyridine rings is 1. The van der Waals surface area contributed by atoms with Crippen LogP contribution in [0, 0.1) is 0 Å². The highest BCUT2D eigenvalue weighted by Gasteiger charge is 2.26. The minimum atomic E-state index is -0.190. The number of nitrogens with one attached hydrogen (secondary N) is 1. The average molecular weight is 372 g/mol. The molecule has 2 heterocycles. The largest absolute Gasteiger partial charge is 0.497 e. The van der Waals surface area contributed by atoms with Crippen LogP contribution >= 0.6 is 0 Å². The zero-order valence-electron chi connectivity index (χ0n) is 16.1. The average Bonchev–Trinajstić information content (AvgIpc) is 3.23. The molecule has 1 unspecified atom stereocenters. The van der Waals surface area contributed by atoms with Crippen LogP contribution in [0.3, 0.4) is 0 Å². The van der Waals surface area contributed by atoms with Crippen molar-refractivity contribution >= 4 is 11.0 Å². The number of nitrogens with two attached hydrogens (primary N) is 1. The number of ether oxygens (including phenoxy) is 1. The summed E-state index contributed by atoms with van der Waals surface area (Å²) in [6.45, 7) is 2.76. The molecule has 142 valence electrons. The van der Waals surface area contributed by atoms with Crippen LogP contribution in [0.5, 0.6) is 5.75 Å². The number of H-pyrrole nitrogens is 1. The number of benzene rings is 2. The quantitative estimate of drug-likeness (QED) is 0.534. The first kappa shape index (κ1) is 18.2. The van der Waals surface area contributed by atoms with Crippen molar-refractivity contribution in [3.8, 4) is 16.9 Å². The minimum Gasteiger partial charge on any atom is -0.497 e. The Balaban J connectivity index is 1.73. The molecule has 5 nitrogen and oxygen atoms in total. The van der Waals surface area contributed by atoms with Gasteiger partial charge in [0.2, 0.25) is 0 Å². The Bertz CT molecular complexity index is 1100. The van der Waals surface area contributed by atoms with Gasteiger partial charge in [-0.15, -0.1) is 0 Å². The lowest BCUT2D eigenvalue weighted by molar-refractivity contribution is 0.413. The topological polar surface area (TPSA) is 76.8 Å². The molecule has 0 bridgehead atoms. The van der Waals surface area contributed by atoms with Gasteiger partial charge >= 0.3 is 0 Å². The van der Waals surface area contributed by atoms with E-state index < -0.39 is 0 Å². The number of fused-ring (bicyclic) bond motifs is 1. The molecule has 0 aliphatic carbocycles. The van der Waals surface area contributed by atoms with Crippen molar-refractivity contribution in [1.29, 1.82) is 0 Å². The van der Waals surface area contributed by atoms with Crippen LogP contribution in [0.4, 0.5) is 0 Å². The molecule has 0 fully saturated rings. The first-order valence-electron chi connectivity index (χ1n) is 9.35. The number of hydrogen-bond donors (Lipinski definition) is 2. The van der Waals surface area contributed by atoms with Crippen molar-refractivity contribution in [2.24, 2.45) is 5.73 Å². The molecular formula is C23H24N4O. The van der Waals surface area contributed by atoms with Crippen LogP contribution < -0.4 is 10.5 Å². The first-order chi connectivity index (χ1) is 13.6. The number of aromatic amines is 1. The fraction of sp³-hybridized carbons (Fsp3) is 0.217. The second-order valence-electron chi connectivity index (χ2n) is 7.36. The molecule has 28 heavy (non-hydrogen) atoms. The van der Waals surface area contributed by atoms with Gasteiger partial charge in [0.05, 0.1) is 13.3 Å². The second-order valence-corrected chi connectivity index (χ2v) is 7.36. The predicted molar refractivity (Wildman–Crippen MR) is 112 cm³/mol. The molecular weight excluding hydrogens is 348 g/mol. The van der Waals surface area contributed by atoms with Crippen molar-refractivity contribution in [1.82, 2.24) is 15.2 Å². The maximum absolute atomic E-state index is 6.26. The molecule has 1 atom stereocenters. The Morgan fingerprint density at radius 1 is 1.11 bits per heavy atom. The fourth-order valence-electron chi connectivity index (χ4n) is 3.69. The molecule has 0 aliphatic rings. The Hall–Kier alpha value is -3.18. The fourth-order valence-corrected chi connectivity index (χ4v) is 3.69. The molecule has 2 aromatic carbocycles. The van der Waals surface area contributed by atoms with Gasteiger partial charge in [-0.1, -0.05) is 43.3 Å². The lowest BCUT2D eigenvalue weighted by atomic mass is 9.76. The van der Waals surface area contributed by atoms with E-state index in [1.807, 2.05) is 24.4 Å². The molecule has 5 heteroatoms. The summed E-state index contributed by atoms with van der Waals surface area (Å²) in [6.07, 6.45) is 4.46. The van der Waals surface area contributed by atoms with E-state index >= 15 is 0 Å². The molecule has 0 spiro atoms. The third-order valence-electron chi connectivity index (χ3n) is 5.40. The van der Waals surface area contributed by atoms with Gasteiger partial charge in [-0.3, -0.25) is 5.10 Å². The molecule has 2 aromatic heterocycles. The number of rotatable bonds is 6. The van der Waals surface area contributed by atoms with E-state index in [2.05, 4.69) is 58.5 Å². The van der Waals surface area contributed by atoms with Gasteiger partial charge in [0.1, 0.15) is 5.75 Å². The highest BCUT2D eigenvalue weighted by molar-refractivity contribution is 5.92. The maximum atomic E-state index is 6.26. The van der Waals surface area contributed by atoms with E-state index in [9.17, 15) is 0 Å². The second kappa shape index (κ2) is 7.44. The van der Waals surface area contributed by atoms with E-state index in [4.69, 9.17) is 10.5 Å². The normalized spacial score (nSPS) is 13.4. The Morgan fingerprint density at radius 3 is 2.79 bits per heavy atom. The molecule has 0 saturated heterocycles. The lowest BCUT2D eigenvalue weighted by Gasteiger charge is -2.29. The highest BCUT2D eigenvalue weighted by Crippen LogP contribution is 2.33. The third-order valence-corrected chi connectivity index (χ3v) is 5.40. The van der Waals surface area contributed by atoms with Crippen LogP contribution in [0.15, 0.2) is 67.0 Å². The summed E-state index contributed by atoms with van der Waals surface area (Å²) in [7, 11) is 1.69. The molecule has 0 saturated carbocycles. The SMILES string of the molecule is COc1cccc(CC(C)(CN)c2cccc(-c3ccnc4[nH]ncc34)c2)c1. The van der Waals surface area contributed by atoms with Gasteiger partial charge in [0.25, 0.3) is 0 Å². The summed E-state index contributed by atoms with van der Waals surface area (Å²) in [5.74, 6) is 0.866. The summed E-state index contributed by atoms with van der Waals surface area (Å²) in [5.41, 5.74) is 11.5. The predicted octanol–water partition coefficient (Wildman–Crippen LogP) is 4.09. The van der Waals surface area contributed by atoms with E-state index in [1.54, 1.807) is 13.3 Å². The lowest BCUT2D eigenvalue weighted by Crippen LogP contribution is -2.34. The van der Waals surface area contributed by atoms with Gasteiger partial charge < -0.3 is 10.5 Å². The van der Waals surface area contributed by atoms with Crippen molar-refractivity contribution in [3.05, 3.63) is 78.1 Å². The zero-order valence-corrected chi connectivity index (χ0v) is 16.1. The first-order valence-corrected chi connectivity index (χ1v) is 9.35. The zero-order chi connectivity index (χ0) is 19.6. The van der Waals surface area contributed by atoms with Crippen molar-refractivity contribution in [2.75, 3.05) is 13.7 Å². The standard InChI is InChI=1S/C23H24N4O/c1-23(15-24,13-16-5-3-8-19(11-16)28-2)18-7-4-6-17(12-18)20-9-10-25-22-21(20)14-26-27-22/h3-12,14H,13,15,24H2,1-2H3,(H,25,26,27). The summed E-state index contributed by atoms with van der Waals surface area (Å²) in [6, 6.07) is 18.8. The molecule has 4 rings (SSSR count). The van der Waals surface area contributed by atoms with Gasteiger partial charge in [0.15, 0.2) is 5.65 Å². The molecule has 3 N–H and O–H groups in total. The number of methoxy groups -OCH3 is 1. The molecule has 0 amide bonds. The van der Waals surface area contributed by atoms with Gasteiger partial charge in [-0.25, -0.2) is 4.98 Å². The van der Waals surface area contributed by atoms with Crippen LogP contribution in [-0.4, -0.2) is 28.8 Å². The Labute approximate surface area is 164 Å². The molecule has 0 radical (unpaired) electrons. The maximum Gasteiger partial charge on any atom is 0.155 e. The van der Waals surface area contributed by atoms with Crippen LogP contribution in [0.25, 0.3) is 22.2 Å². The van der Waals surface area contributed by atoms with Crippen molar-refractivity contribution < 1.29 is 4.74 Å². The van der Waals surface area contributed by atoms with Crippen molar-refractivity contribution in [2.45, 2.75) is 18.8 Å². The van der Waals surface area contributed by atoms with E-state index in [0.29, 0.717) is 6.54 Å². The number of aromatic nitrogens is 3. The van der Waals surface area contributed by atoms with E-state index in [-0.39, 0.29) is 5.41 Å². The minimum absolute atomic E-state index is 0.190. The summed E-state index contributed by atoms with van der Waals surface area (Å²) < 4.78 is 5.37. The van der Waals surface area contributed by atoms with Crippen molar-refractivity contribution in [3.63, 3.8) is 0 Å². The van der Waals surface area contributed by atoms with Gasteiger partial charge in [-0.2, -0.15) is 5.10 Å². The Morgan fingerprint density at radius 2 is 1.96 bits per heavy atom. The van der Waals surface area contributed by atoms with Crippen LogP contribution in [-0.2, 0) is 11.8 Å². The summed E-state index contributed by atoms with van der Waals surface area (Å²) in [4.78, 5) is 4.34. The smallest absolute Gasteiger partial charge is 0.155 e. The van der Waals surface area contributed by atoms with Crippen LogP contribution in [0.2, 0.25) is 0 Å². The van der Waals surface area contributed by atoms with Gasteiger partial charge in [0, 0.05) is 23.5 Å². The van der Waals surface area contributed by atoms with Crippen LogP contribution in [0.1, 0.15) is 18.1 Å². The van der Waals surface area contributed by atoms with E-state index in [0.717, 1.165) is 34.3 Å². The summed E-state index contributed by atoms with van der Waals surface area (Å²) >= 11 is 0. The summed E-state index contributed by atoms with van der Waals surface area (Å²) in [5, 5.41) is 8.08. The Kier molecular flexibility index (Phi) is 4.84. The molecule has 4 aromatic rings. The highest BCUT2D eigenvalue weighted by atomic mass is 16.5. The van der Waals surface area contributed by atoms with E-state index in [1.165, 1.54) is 11.1 Å². The molecule has 0 aliphatic heterocycles. The third kappa shape index (κ3) is 3.37. The monoisotopic (exact) mass is 372 g/mol. The number of nitrogens with zero attached hydrogens (tertiary/aromatic N) is 2. The number of hydrogen-bond acceptors (Lipinski definition) is 4.